The lowest BCUT2D eigenvalue weighted by Gasteiger charge is -2.32. The summed E-state index contributed by atoms with van der Waals surface area (Å²) < 4.78 is 43.4. The van der Waals surface area contributed by atoms with Gasteiger partial charge < -0.3 is 9.64 Å². The minimum absolute atomic E-state index is 0.0736. The van der Waals surface area contributed by atoms with Gasteiger partial charge in [0.2, 0.25) is 0 Å². The number of pyridine rings is 1. The summed E-state index contributed by atoms with van der Waals surface area (Å²) in [6.45, 7) is 2.86. The Morgan fingerprint density at radius 1 is 1.20 bits per heavy atom. The van der Waals surface area contributed by atoms with Crippen LogP contribution in [0.2, 0.25) is 0 Å². The Balaban J connectivity index is 1.63. The van der Waals surface area contributed by atoms with Crippen LogP contribution in [0.3, 0.4) is 0 Å². The molecule has 0 N–H and O–H groups in total. The van der Waals surface area contributed by atoms with Gasteiger partial charge in [0.1, 0.15) is 11.4 Å². The van der Waals surface area contributed by atoms with Crippen molar-refractivity contribution in [3.05, 3.63) is 60.2 Å². The average molecular weight is 416 g/mol. The highest BCUT2D eigenvalue weighted by Gasteiger charge is 2.34. The van der Waals surface area contributed by atoms with Gasteiger partial charge in [-0.05, 0) is 55.8 Å². The zero-order valence-electron chi connectivity index (χ0n) is 16.3. The van der Waals surface area contributed by atoms with E-state index in [1.54, 1.807) is 34.1 Å². The number of amides is 1. The number of carbonyl (C=O) groups excluding carboxylic acids is 1. The van der Waals surface area contributed by atoms with Gasteiger partial charge in [0.05, 0.1) is 12.2 Å². The summed E-state index contributed by atoms with van der Waals surface area (Å²) in [5, 5.41) is 4.41. The molecule has 0 fully saturated rings. The van der Waals surface area contributed by atoms with Crippen molar-refractivity contribution < 1.29 is 22.7 Å². The quantitative estimate of drug-likeness (QED) is 0.632. The molecule has 0 saturated carbocycles. The molecule has 0 bridgehead atoms. The van der Waals surface area contributed by atoms with E-state index in [1.807, 2.05) is 26.0 Å². The second-order valence-corrected chi connectivity index (χ2v) is 7.20. The van der Waals surface area contributed by atoms with Crippen molar-refractivity contribution in [3.8, 4) is 16.9 Å². The van der Waals surface area contributed by atoms with Crippen LogP contribution in [0.5, 0.6) is 5.75 Å². The number of rotatable bonds is 4. The molecule has 9 heteroatoms. The molecule has 2 aromatic heterocycles. The molecule has 1 aromatic carbocycles. The Hall–Kier alpha value is -3.36. The topological polar surface area (TPSA) is 60.2 Å². The third-order valence-corrected chi connectivity index (χ3v) is 4.87. The molecule has 0 radical (unpaired) electrons. The average Bonchev–Trinajstić information content (AvgIpc) is 3.15. The van der Waals surface area contributed by atoms with E-state index < -0.39 is 12.8 Å². The molecule has 30 heavy (non-hydrogen) atoms. The molecule has 6 nitrogen and oxygen atoms in total. The van der Waals surface area contributed by atoms with Crippen LogP contribution in [-0.4, -0.2) is 40.0 Å². The van der Waals surface area contributed by atoms with Crippen molar-refractivity contribution in [2.45, 2.75) is 26.1 Å². The van der Waals surface area contributed by atoms with Crippen LogP contribution in [-0.2, 0) is 0 Å². The number of benzene rings is 1. The Bertz CT molecular complexity index is 1080. The number of nitrogens with zero attached hydrogens (tertiary/aromatic N) is 4. The fourth-order valence-corrected chi connectivity index (χ4v) is 3.50. The van der Waals surface area contributed by atoms with Crippen LogP contribution in [0.1, 0.15) is 29.1 Å². The van der Waals surface area contributed by atoms with Crippen molar-refractivity contribution in [2.24, 2.45) is 0 Å². The van der Waals surface area contributed by atoms with Gasteiger partial charge in [-0.2, -0.15) is 18.3 Å². The van der Waals surface area contributed by atoms with Gasteiger partial charge in [-0.15, -0.1) is 0 Å². The summed E-state index contributed by atoms with van der Waals surface area (Å²) in [6.07, 6.45) is -1.05. The number of ether oxygens (including phenoxy) is 1. The normalized spacial score (nSPS) is 16.5. The maximum atomic E-state index is 13.3. The maximum absolute atomic E-state index is 13.3. The van der Waals surface area contributed by atoms with Gasteiger partial charge in [-0.3, -0.25) is 14.5 Å². The zero-order valence-corrected chi connectivity index (χ0v) is 16.3. The monoisotopic (exact) mass is 416 g/mol. The molecule has 1 amide bonds. The first-order valence-corrected chi connectivity index (χ1v) is 9.35. The van der Waals surface area contributed by atoms with E-state index in [9.17, 15) is 18.0 Å². The number of fused-ring (bicyclic) bond motifs is 1. The molecular formula is C21H19F3N4O2. The van der Waals surface area contributed by atoms with Gasteiger partial charge in [0.15, 0.2) is 6.61 Å². The number of hydrogen-bond donors (Lipinski definition) is 0. The number of aromatic nitrogens is 3. The molecule has 3 heterocycles. The molecule has 0 saturated heterocycles. The van der Waals surface area contributed by atoms with Gasteiger partial charge in [-0.25, -0.2) is 0 Å². The first-order chi connectivity index (χ1) is 14.2. The van der Waals surface area contributed by atoms with Gasteiger partial charge >= 0.3 is 6.18 Å². The van der Waals surface area contributed by atoms with Crippen LogP contribution in [0, 0.1) is 6.92 Å². The first-order valence-electron chi connectivity index (χ1n) is 9.35. The van der Waals surface area contributed by atoms with Crippen molar-refractivity contribution in [2.75, 3.05) is 18.1 Å². The van der Waals surface area contributed by atoms with E-state index in [0.717, 1.165) is 11.3 Å². The van der Waals surface area contributed by atoms with Gasteiger partial charge in [0.25, 0.3) is 5.91 Å². The van der Waals surface area contributed by atoms with Crippen LogP contribution >= 0.6 is 0 Å². The Kier molecular flexibility index (Phi) is 4.97. The lowest BCUT2D eigenvalue weighted by Crippen LogP contribution is -2.42. The molecule has 156 valence electrons. The Morgan fingerprint density at radius 2 is 1.93 bits per heavy atom. The lowest BCUT2D eigenvalue weighted by molar-refractivity contribution is -0.153. The highest BCUT2D eigenvalue weighted by Crippen LogP contribution is 2.33. The Labute approximate surface area is 170 Å². The van der Waals surface area contributed by atoms with Gasteiger partial charge in [0, 0.05) is 29.7 Å². The molecular weight excluding hydrogens is 397 g/mol. The van der Waals surface area contributed by atoms with Crippen molar-refractivity contribution in [1.29, 1.82) is 0 Å². The summed E-state index contributed by atoms with van der Waals surface area (Å²) in [6, 6.07) is 9.67. The fraction of sp³-hybridized carbons (Fsp3) is 0.286. The predicted molar refractivity (Wildman–Crippen MR) is 105 cm³/mol. The lowest BCUT2D eigenvalue weighted by atomic mass is 10.0. The molecule has 0 aliphatic carbocycles. The minimum Gasteiger partial charge on any atom is -0.484 e. The zero-order chi connectivity index (χ0) is 21.5. The molecule has 0 unspecified atom stereocenters. The molecule has 1 aliphatic heterocycles. The number of hydrogen-bond acceptors (Lipinski definition) is 4. The summed E-state index contributed by atoms with van der Waals surface area (Å²) in [5.74, 6) is -0.134. The second-order valence-electron chi connectivity index (χ2n) is 7.20. The van der Waals surface area contributed by atoms with Gasteiger partial charge in [-0.1, -0.05) is 0 Å². The van der Waals surface area contributed by atoms with E-state index in [1.165, 1.54) is 12.1 Å². The first kappa shape index (κ1) is 19.9. The largest absolute Gasteiger partial charge is 0.484 e. The Morgan fingerprint density at radius 3 is 2.60 bits per heavy atom. The number of aryl methyl sites for hydroxylation is 1. The molecule has 1 atom stereocenters. The van der Waals surface area contributed by atoms with Crippen LogP contribution in [0.15, 0.2) is 48.8 Å². The minimum atomic E-state index is -4.41. The number of anilines is 1. The summed E-state index contributed by atoms with van der Waals surface area (Å²) >= 11 is 0. The predicted octanol–water partition coefficient (Wildman–Crippen LogP) is 4.42. The van der Waals surface area contributed by atoms with Crippen molar-refractivity contribution in [3.63, 3.8) is 0 Å². The SMILES string of the molecule is Cc1cc(-c2cnn3c2C(=O)N(c2ccc(OCC(F)(F)F)cc2)C[C@@H]3C)ccn1. The van der Waals surface area contributed by atoms with Crippen molar-refractivity contribution in [1.82, 2.24) is 14.8 Å². The smallest absolute Gasteiger partial charge is 0.422 e. The molecule has 1 aliphatic rings. The van der Waals surface area contributed by atoms with Crippen LogP contribution in [0.4, 0.5) is 18.9 Å². The van der Waals surface area contributed by atoms with Crippen LogP contribution in [0.25, 0.3) is 11.1 Å². The number of carbonyl (C=O) groups is 1. The third kappa shape index (κ3) is 3.87. The summed E-state index contributed by atoms with van der Waals surface area (Å²) in [7, 11) is 0. The summed E-state index contributed by atoms with van der Waals surface area (Å²) in [5.41, 5.74) is 3.44. The second kappa shape index (κ2) is 7.47. The highest BCUT2D eigenvalue weighted by molar-refractivity contribution is 6.09. The number of halogens is 3. The fourth-order valence-electron chi connectivity index (χ4n) is 3.50. The number of alkyl halides is 3. The molecule has 0 spiro atoms. The molecule has 3 aromatic rings. The highest BCUT2D eigenvalue weighted by atomic mass is 19.4. The third-order valence-electron chi connectivity index (χ3n) is 4.87. The van der Waals surface area contributed by atoms with Crippen LogP contribution < -0.4 is 9.64 Å². The summed E-state index contributed by atoms with van der Waals surface area (Å²) in [4.78, 5) is 19.1. The van der Waals surface area contributed by atoms with E-state index in [-0.39, 0.29) is 17.7 Å². The van der Waals surface area contributed by atoms with E-state index in [4.69, 9.17) is 4.74 Å². The van der Waals surface area contributed by atoms with E-state index in [2.05, 4.69) is 10.1 Å². The molecule has 4 rings (SSSR count). The van der Waals surface area contributed by atoms with Crippen molar-refractivity contribution >= 4 is 11.6 Å². The standard InChI is InChI=1S/C21H19F3N4O2/c1-13-9-15(7-8-25-13)18-10-26-28-14(2)11-27(20(29)19(18)28)16-3-5-17(6-4-16)30-12-21(22,23)24/h3-10,14H,11-12H2,1-2H3/t14-/m0/s1. The maximum Gasteiger partial charge on any atom is 0.422 e. The van der Waals surface area contributed by atoms with E-state index >= 15 is 0 Å². The van der Waals surface area contributed by atoms with E-state index in [0.29, 0.717) is 23.5 Å².